The first kappa shape index (κ1) is 38.2. The fourth-order valence-electron chi connectivity index (χ4n) is 8.39. The number of rotatable bonds is 18. The van der Waals surface area contributed by atoms with E-state index in [1.54, 1.807) is 12.1 Å². The van der Waals surface area contributed by atoms with Gasteiger partial charge in [-0.2, -0.15) is 0 Å². The Labute approximate surface area is 308 Å². The number of fused-ring (bicyclic) bond motifs is 4. The molecule has 3 aliphatic rings. The van der Waals surface area contributed by atoms with Crippen LogP contribution >= 0.6 is 0 Å². The summed E-state index contributed by atoms with van der Waals surface area (Å²) in [5.74, 6) is -0.976. The third kappa shape index (κ3) is 9.17. The molecule has 1 aromatic heterocycles. The number of H-pyrrole nitrogens is 1. The molecule has 6 N–H and O–H groups in total. The van der Waals surface area contributed by atoms with E-state index in [1.807, 2.05) is 24.3 Å². The number of nitrogens with zero attached hydrogens (tertiary/aromatic N) is 1. The SMILES string of the molecule is O=C(O)NC(c1cc(F)cc(F)c1)(c1cccc(OCCCCCCCCCNC[C@H](O)c2ccc(O)c3[nH]c(=O)ccc23)c1)[C@H]1CN2CCC1CC2. The van der Waals surface area contributed by atoms with Crippen molar-refractivity contribution in [2.24, 2.45) is 11.8 Å². The number of benzene rings is 3. The standard InChI is InChI=1S/C41H50F2N4O6/c42-30-21-29(22-31(43)24-30)41(46-40(51)52,35-26-47-18-15-27(35)16-19-47)28-9-8-10-32(23-28)53-20-7-5-3-1-2-4-6-17-44-25-37(49)33-11-13-36(48)39-34(33)12-14-38(50)45-39/h8-14,21-24,27,35,37,44,46,48-49H,1-7,15-20,25-26H2,(H,45,50)(H,51,52)/t35-,37-,41?/m0/s1. The zero-order chi connectivity index (χ0) is 37.4. The number of aromatic nitrogens is 1. The second-order valence-corrected chi connectivity index (χ2v) is 14.5. The van der Waals surface area contributed by atoms with Crippen molar-refractivity contribution in [3.05, 3.63) is 105 Å². The Hall–Kier alpha value is -4.52. The molecule has 1 unspecified atom stereocenters. The summed E-state index contributed by atoms with van der Waals surface area (Å²) in [5.41, 5.74) is 0.152. The molecular weight excluding hydrogens is 682 g/mol. The number of aromatic amines is 1. The molecule has 3 atom stereocenters. The smallest absolute Gasteiger partial charge is 0.405 e. The number of aliphatic hydroxyl groups excluding tert-OH is 1. The highest BCUT2D eigenvalue weighted by Gasteiger charge is 2.51. The quantitative estimate of drug-likeness (QED) is 0.0613. The molecule has 0 aliphatic carbocycles. The molecule has 284 valence electrons. The number of unbranched alkanes of at least 4 members (excludes halogenated alkanes) is 6. The van der Waals surface area contributed by atoms with Gasteiger partial charge in [0.2, 0.25) is 5.56 Å². The molecule has 3 aromatic carbocycles. The molecule has 4 aromatic rings. The van der Waals surface area contributed by atoms with Crippen LogP contribution in [0.15, 0.2) is 71.5 Å². The van der Waals surface area contributed by atoms with Crippen molar-refractivity contribution in [2.75, 3.05) is 39.3 Å². The van der Waals surface area contributed by atoms with Crippen molar-refractivity contribution in [1.82, 2.24) is 20.5 Å². The molecule has 10 nitrogen and oxygen atoms in total. The number of aromatic hydroxyl groups is 1. The maximum Gasteiger partial charge on any atom is 0.405 e. The highest BCUT2D eigenvalue weighted by molar-refractivity contribution is 5.87. The molecule has 0 saturated carbocycles. The van der Waals surface area contributed by atoms with E-state index in [-0.39, 0.29) is 28.7 Å². The number of phenols is 1. The third-order valence-corrected chi connectivity index (χ3v) is 11.0. The Morgan fingerprint density at radius 2 is 1.64 bits per heavy atom. The van der Waals surface area contributed by atoms with E-state index >= 15 is 0 Å². The number of pyridine rings is 1. The third-order valence-electron chi connectivity index (χ3n) is 11.0. The van der Waals surface area contributed by atoms with Crippen LogP contribution in [-0.4, -0.2) is 70.6 Å². The number of nitrogens with one attached hydrogen (secondary N) is 3. The van der Waals surface area contributed by atoms with Crippen LogP contribution < -0.4 is 20.9 Å². The van der Waals surface area contributed by atoms with Gasteiger partial charge in [0.15, 0.2) is 0 Å². The number of ether oxygens (including phenoxy) is 1. The van der Waals surface area contributed by atoms with Crippen LogP contribution in [0.5, 0.6) is 11.5 Å². The number of aliphatic hydroxyl groups is 1. The first-order valence-electron chi connectivity index (χ1n) is 18.8. The zero-order valence-corrected chi connectivity index (χ0v) is 30.0. The Kier molecular flexibility index (Phi) is 12.6. The molecule has 2 bridgehead atoms. The molecule has 0 radical (unpaired) electrons. The monoisotopic (exact) mass is 732 g/mol. The van der Waals surface area contributed by atoms with Crippen molar-refractivity contribution < 1.29 is 33.6 Å². The maximum atomic E-state index is 14.7. The number of carboxylic acid groups (broad SMARTS) is 1. The first-order valence-corrected chi connectivity index (χ1v) is 18.8. The summed E-state index contributed by atoms with van der Waals surface area (Å²) in [5, 5.41) is 37.6. The molecule has 12 heteroatoms. The van der Waals surface area contributed by atoms with E-state index < -0.39 is 29.4 Å². The van der Waals surface area contributed by atoms with Crippen molar-refractivity contribution in [3.8, 4) is 11.5 Å². The minimum Gasteiger partial charge on any atom is -0.506 e. The van der Waals surface area contributed by atoms with E-state index in [2.05, 4.69) is 20.5 Å². The molecule has 3 fully saturated rings. The van der Waals surface area contributed by atoms with Crippen LogP contribution in [0.2, 0.25) is 0 Å². The van der Waals surface area contributed by atoms with E-state index in [9.17, 15) is 33.7 Å². The lowest BCUT2D eigenvalue weighted by atomic mass is 9.63. The van der Waals surface area contributed by atoms with Crippen LogP contribution in [0.25, 0.3) is 10.9 Å². The summed E-state index contributed by atoms with van der Waals surface area (Å²) in [6.45, 7) is 4.11. The van der Waals surface area contributed by atoms with E-state index in [1.165, 1.54) is 24.3 Å². The zero-order valence-electron chi connectivity index (χ0n) is 30.0. The van der Waals surface area contributed by atoms with Crippen molar-refractivity contribution in [3.63, 3.8) is 0 Å². The number of phenolic OH excluding ortho intramolecular Hbond substituents is 1. The van der Waals surface area contributed by atoms with Gasteiger partial charge in [0.1, 0.15) is 23.1 Å². The predicted molar refractivity (Wildman–Crippen MR) is 199 cm³/mol. The number of amides is 1. The van der Waals surface area contributed by atoms with Gasteiger partial charge in [0.05, 0.1) is 23.8 Å². The Bertz CT molecular complexity index is 1900. The van der Waals surface area contributed by atoms with Crippen molar-refractivity contribution >= 4 is 17.0 Å². The average molecular weight is 733 g/mol. The van der Waals surface area contributed by atoms with Gasteiger partial charge in [0, 0.05) is 36.5 Å². The lowest BCUT2D eigenvalue weighted by molar-refractivity contribution is 0.00700. The fourth-order valence-corrected chi connectivity index (χ4v) is 8.39. The van der Waals surface area contributed by atoms with Gasteiger partial charge in [-0.05, 0) is 104 Å². The topological polar surface area (TPSA) is 147 Å². The van der Waals surface area contributed by atoms with Gasteiger partial charge >= 0.3 is 6.09 Å². The summed E-state index contributed by atoms with van der Waals surface area (Å²) in [6, 6.07) is 16.7. The summed E-state index contributed by atoms with van der Waals surface area (Å²) in [4.78, 5) is 29.0. The number of halogens is 2. The molecule has 7 rings (SSSR count). The second-order valence-electron chi connectivity index (χ2n) is 14.5. The van der Waals surface area contributed by atoms with E-state index in [0.29, 0.717) is 47.5 Å². The van der Waals surface area contributed by atoms with Crippen molar-refractivity contribution in [1.29, 1.82) is 0 Å². The minimum atomic E-state index is -1.36. The number of piperidine rings is 3. The first-order chi connectivity index (χ1) is 25.6. The average Bonchev–Trinajstić information content (AvgIpc) is 3.14. The predicted octanol–water partition coefficient (Wildman–Crippen LogP) is 6.80. The minimum absolute atomic E-state index is 0.0317. The highest BCUT2D eigenvalue weighted by Crippen LogP contribution is 2.48. The largest absolute Gasteiger partial charge is 0.506 e. The summed E-state index contributed by atoms with van der Waals surface area (Å²) < 4.78 is 35.5. The highest BCUT2D eigenvalue weighted by atomic mass is 19.1. The summed E-state index contributed by atoms with van der Waals surface area (Å²) >= 11 is 0. The summed E-state index contributed by atoms with van der Waals surface area (Å²) in [6.07, 6.45) is 6.94. The van der Waals surface area contributed by atoms with Gasteiger partial charge in [0.25, 0.3) is 0 Å². The Balaban J connectivity index is 0.951. The van der Waals surface area contributed by atoms with Crippen molar-refractivity contribution in [2.45, 2.75) is 69.4 Å². The number of hydrogen-bond acceptors (Lipinski definition) is 7. The normalized spacial score (nSPS) is 19.9. The Morgan fingerprint density at radius 1 is 0.925 bits per heavy atom. The van der Waals surface area contributed by atoms with Crippen LogP contribution in [0, 0.1) is 23.5 Å². The van der Waals surface area contributed by atoms with Gasteiger partial charge in [-0.3, -0.25) is 4.79 Å². The van der Waals surface area contributed by atoms with E-state index in [0.717, 1.165) is 83.5 Å². The number of carbonyl (C=O) groups is 1. The molecule has 3 aliphatic heterocycles. The van der Waals surface area contributed by atoms with Gasteiger partial charge in [-0.15, -0.1) is 0 Å². The van der Waals surface area contributed by atoms with Gasteiger partial charge < -0.3 is 40.6 Å². The van der Waals surface area contributed by atoms with Crippen LogP contribution in [0.3, 0.4) is 0 Å². The molecular formula is C41H50F2N4O6. The molecule has 3 saturated heterocycles. The van der Waals surface area contributed by atoms with Crippen LogP contribution in [-0.2, 0) is 5.54 Å². The van der Waals surface area contributed by atoms with Gasteiger partial charge in [-0.25, -0.2) is 13.6 Å². The molecule has 1 amide bonds. The van der Waals surface area contributed by atoms with E-state index in [4.69, 9.17) is 4.74 Å². The molecule has 53 heavy (non-hydrogen) atoms. The lowest BCUT2D eigenvalue weighted by Crippen LogP contribution is -2.61. The van der Waals surface area contributed by atoms with Gasteiger partial charge in [-0.1, -0.05) is 50.3 Å². The second kappa shape index (κ2) is 17.5. The summed E-state index contributed by atoms with van der Waals surface area (Å²) in [7, 11) is 0. The fraction of sp³-hybridized carbons (Fsp3) is 0.463. The molecule has 4 heterocycles. The lowest BCUT2D eigenvalue weighted by Gasteiger charge is -2.53. The molecule has 0 spiro atoms. The maximum absolute atomic E-state index is 14.7. The van der Waals surface area contributed by atoms with Crippen LogP contribution in [0.1, 0.15) is 80.6 Å². The Morgan fingerprint density at radius 3 is 2.34 bits per heavy atom. The number of hydrogen-bond donors (Lipinski definition) is 6. The van der Waals surface area contributed by atoms with Crippen LogP contribution in [0.4, 0.5) is 13.6 Å².